The summed E-state index contributed by atoms with van der Waals surface area (Å²) < 4.78 is 5.96. The average Bonchev–Trinajstić information content (AvgIpc) is 3.47. The number of hydrogen-bond acceptors (Lipinski definition) is 5. The topological polar surface area (TPSA) is 95.2 Å². The Morgan fingerprint density at radius 2 is 2.17 bits per heavy atom. The first-order valence-corrected chi connectivity index (χ1v) is 9.60. The van der Waals surface area contributed by atoms with Gasteiger partial charge in [-0.1, -0.05) is 18.2 Å². The van der Waals surface area contributed by atoms with E-state index in [1.807, 2.05) is 36.5 Å². The second-order valence-corrected chi connectivity index (χ2v) is 7.42. The van der Waals surface area contributed by atoms with E-state index in [1.54, 1.807) is 6.20 Å². The van der Waals surface area contributed by atoms with Gasteiger partial charge in [0.15, 0.2) is 5.76 Å². The molecule has 1 saturated heterocycles. The summed E-state index contributed by atoms with van der Waals surface area (Å²) in [6.45, 7) is 2.36. The third-order valence-corrected chi connectivity index (χ3v) is 5.53. The van der Waals surface area contributed by atoms with Crippen LogP contribution in [-0.2, 0) is 6.54 Å². The number of carbonyl (C=O) groups is 1. The van der Waals surface area contributed by atoms with Crippen LogP contribution in [-0.4, -0.2) is 44.2 Å². The van der Waals surface area contributed by atoms with Crippen LogP contribution < -0.4 is 0 Å². The smallest absolute Gasteiger partial charge is 0.354 e. The van der Waals surface area contributed by atoms with Gasteiger partial charge < -0.3 is 9.52 Å². The number of aromatic carboxylic acids is 1. The lowest BCUT2D eigenvalue weighted by molar-refractivity contribution is 0.0688. The summed E-state index contributed by atoms with van der Waals surface area (Å²) in [4.78, 5) is 18.0. The Balaban J connectivity index is 1.33. The number of benzene rings is 1. The summed E-state index contributed by atoms with van der Waals surface area (Å²) in [5, 5.41) is 16.7. The number of carboxylic acids is 1. The summed E-state index contributed by atoms with van der Waals surface area (Å²) in [6, 6.07) is 14.1. The summed E-state index contributed by atoms with van der Waals surface area (Å²) in [7, 11) is 0. The third-order valence-electron chi connectivity index (χ3n) is 5.53. The van der Waals surface area contributed by atoms with Gasteiger partial charge in [0.05, 0.1) is 6.20 Å². The maximum atomic E-state index is 11.3. The van der Waals surface area contributed by atoms with Gasteiger partial charge in [-0.3, -0.25) is 15.0 Å². The van der Waals surface area contributed by atoms with Gasteiger partial charge in [0.1, 0.15) is 17.0 Å². The van der Waals surface area contributed by atoms with Gasteiger partial charge in [0.2, 0.25) is 0 Å². The van der Waals surface area contributed by atoms with Crippen molar-refractivity contribution in [1.82, 2.24) is 20.1 Å². The Kier molecular flexibility index (Phi) is 4.37. The van der Waals surface area contributed by atoms with Crippen molar-refractivity contribution >= 4 is 16.9 Å². The number of para-hydroxylation sites is 1. The van der Waals surface area contributed by atoms with Crippen LogP contribution in [0.1, 0.15) is 34.0 Å². The molecule has 0 aliphatic carbocycles. The molecular formula is C22H20N4O3. The molecule has 0 amide bonds. The number of furan rings is 1. The van der Waals surface area contributed by atoms with E-state index < -0.39 is 5.97 Å². The maximum absolute atomic E-state index is 11.3. The van der Waals surface area contributed by atoms with Gasteiger partial charge in [-0.2, -0.15) is 5.10 Å². The second-order valence-electron chi connectivity index (χ2n) is 7.42. The lowest BCUT2D eigenvalue weighted by Gasteiger charge is -2.16. The second kappa shape index (κ2) is 7.18. The number of hydrogen-bond donors (Lipinski definition) is 2. The van der Waals surface area contributed by atoms with Gasteiger partial charge in [-0.15, -0.1) is 0 Å². The van der Waals surface area contributed by atoms with Crippen molar-refractivity contribution in [2.24, 2.45) is 0 Å². The van der Waals surface area contributed by atoms with Gasteiger partial charge in [0, 0.05) is 30.2 Å². The van der Waals surface area contributed by atoms with Crippen LogP contribution in [0, 0.1) is 0 Å². The molecular weight excluding hydrogens is 368 g/mol. The highest BCUT2D eigenvalue weighted by Crippen LogP contribution is 2.32. The Morgan fingerprint density at radius 3 is 3.03 bits per heavy atom. The Morgan fingerprint density at radius 1 is 1.28 bits per heavy atom. The lowest BCUT2D eigenvalue weighted by atomic mass is 9.98. The summed E-state index contributed by atoms with van der Waals surface area (Å²) >= 11 is 0. The standard InChI is InChI=1S/C22H20N4O3/c27-22(28)21-17(11-24-25-21)13-26-8-6-16(12-26)14-5-7-23-18(9-14)20-10-15-3-1-2-4-19(15)29-20/h1-5,7,9-11,16H,6,8,12-13H2,(H,24,25)(H,27,28). The molecule has 1 unspecified atom stereocenters. The van der Waals surface area contributed by atoms with Crippen molar-refractivity contribution in [2.75, 3.05) is 13.1 Å². The number of aromatic nitrogens is 3. The number of pyridine rings is 1. The maximum Gasteiger partial charge on any atom is 0.354 e. The molecule has 0 spiro atoms. The largest absolute Gasteiger partial charge is 0.477 e. The van der Waals surface area contributed by atoms with Gasteiger partial charge >= 0.3 is 5.97 Å². The average molecular weight is 388 g/mol. The SMILES string of the molecule is O=C(O)c1[nH]ncc1CN1CCC(c2ccnc(-c3cc4ccccc4o3)c2)C1. The van der Waals surface area contributed by atoms with E-state index in [9.17, 15) is 9.90 Å². The van der Waals surface area contributed by atoms with Crippen LogP contribution in [0.15, 0.2) is 59.3 Å². The molecule has 29 heavy (non-hydrogen) atoms. The van der Waals surface area contributed by atoms with Crippen LogP contribution in [0.4, 0.5) is 0 Å². The van der Waals surface area contributed by atoms with Crippen molar-refractivity contribution in [2.45, 2.75) is 18.9 Å². The molecule has 1 atom stereocenters. The molecule has 4 heterocycles. The molecule has 3 aromatic heterocycles. The van der Waals surface area contributed by atoms with Crippen molar-refractivity contribution in [3.8, 4) is 11.5 Å². The number of rotatable bonds is 5. The van der Waals surface area contributed by atoms with Crippen molar-refractivity contribution in [3.63, 3.8) is 0 Å². The zero-order chi connectivity index (χ0) is 19.8. The predicted molar refractivity (Wildman–Crippen MR) is 108 cm³/mol. The molecule has 1 aromatic carbocycles. The molecule has 0 bridgehead atoms. The number of carboxylic acid groups (broad SMARTS) is 1. The highest BCUT2D eigenvalue weighted by Gasteiger charge is 2.26. The first-order valence-electron chi connectivity index (χ1n) is 9.60. The highest BCUT2D eigenvalue weighted by atomic mass is 16.4. The van der Waals surface area contributed by atoms with Crippen LogP contribution in [0.3, 0.4) is 0 Å². The number of H-pyrrole nitrogens is 1. The van der Waals surface area contributed by atoms with Crippen molar-refractivity contribution < 1.29 is 14.3 Å². The predicted octanol–water partition coefficient (Wildman–Crippen LogP) is 3.91. The van der Waals surface area contributed by atoms with Gasteiger partial charge in [0.25, 0.3) is 0 Å². The molecule has 7 nitrogen and oxygen atoms in total. The molecule has 146 valence electrons. The molecule has 7 heteroatoms. The van der Waals surface area contributed by atoms with Gasteiger partial charge in [-0.25, -0.2) is 4.79 Å². The van der Waals surface area contributed by atoms with E-state index in [1.165, 1.54) is 5.56 Å². The van der Waals surface area contributed by atoms with Crippen LogP contribution >= 0.6 is 0 Å². The molecule has 1 aliphatic heterocycles. The fourth-order valence-corrected chi connectivity index (χ4v) is 4.05. The molecule has 4 aromatic rings. The van der Waals surface area contributed by atoms with E-state index in [-0.39, 0.29) is 5.69 Å². The molecule has 5 rings (SSSR count). The van der Waals surface area contributed by atoms with E-state index in [4.69, 9.17) is 4.42 Å². The van der Waals surface area contributed by atoms with Crippen LogP contribution in [0.25, 0.3) is 22.4 Å². The monoisotopic (exact) mass is 388 g/mol. The minimum atomic E-state index is -0.974. The zero-order valence-corrected chi connectivity index (χ0v) is 15.7. The minimum Gasteiger partial charge on any atom is -0.477 e. The summed E-state index contributed by atoms with van der Waals surface area (Å²) in [5.74, 6) is 0.173. The normalized spacial score (nSPS) is 17.2. The Bertz CT molecular complexity index is 1150. The number of aromatic amines is 1. The quantitative estimate of drug-likeness (QED) is 0.538. The van der Waals surface area contributed by atoms with E-state index in [0.29, 0.717) is 12.5 Å². The zero-order valence-electron chi connectivity index (χ0n) is 15.7. The summed E-state index contributed by atoms with van der Waals surface area (Å²) in [5.41, 5.74) is 3.81. The molecule has 1 aliphatic rings. The number of nitrogens with one attached hydrogen (secondary N) is 1. The lowest BCUT2D eigenvalue weighted by Crippen LogP contribution is -2.21. The Hall–Kier alpha value is -3.45. The van der Waals surface area contributed by atoms with Gasteiger partial charge in [-0.05, 0) is 48.7 Å². The number of nitrogens with zero attached hydrogens (tertiary/aromatic N) is 3. The first kappa shape index (κ1) is 17.6. The van der Waals surface area contributed by atoms with E-state index in [0.717, 1.165) is 47.5 Å². The minimum absolute atomic E-state index is 0.171. The first-order chi connectivity index (χ1) is 14.2. The fraction of sp³-hybridized carbons (Fsp3) is 0.227. The number of fused-ring (bicyclic) bond motifs is 1. The highest BCUT2D eigenvalue weighted by molar-refractivity contribution is 5.86. The van der Waals surface area contributed by atoms with Crippen LogP contribution in [0.2, 0.25) is 0 Å². The summed E-state index contributed by atoms with van der Waals surface area (Å²) in [6.07, 6.45) is 4.45. The fourth-order valence-electron chi connectivity index (χ4n) is 4.05. The van der Waals surface area contributed by atoms with Crippen molar-refractivity contribution in [1.29, 1.82) is 0 Å². The Labute approximate surface area is 167 Å². The molecule has 0 radical (unpaired) electrons. The van der Waals surface area contributed by atoms with Crippen molar-refractivity contribution in [3.05, 3.63) is 71.7 Å². The third kappa shape index (κ3) is 3.40. The van der Waals surface area contributed by atoms with E-state index >= 15 is 0 Å². The molecule has 1 fully saturated rings. The molecule has 2 N–H and O–H groups in total. The van der Waals surface area contributed by atoms with Crippen LogP contribution in [0.5, 0.6) is 0 Å². The number of likely N-dealkylation sites (tertiary alicyclic amines) is 1. The molecule has 0 saturated carbocycles. The van der Waals surface area contributed by atoms with E-state index in [2.05, 4.69) is 32.2 Å².